The molecule has 0 bridgehead atoms. The normalized spacial score (nSPS) is 16.4. The van der Waals surface area contributed by atoms with Gasteiger partial charge in [-0.15, -0.1) is 0 Å². The van der Waals surface area contributed by atoms with Gasteiger partial charge in [0.05, 0.1) is 0 Å². The Kier molecular flexibility index (Phi) is 7.84. The third-order valence-electron chi connectivity index (χ3n) is 2.44. The van der Waals surface area contributed by atoms with Crippen molar-refractivity contribution in [2.45, 2.75) is 52.6 Å². The van der Waals surface area contributed by atoms with E-state index in [1.54, 1.807) is 27.7 Å². The van der Waals surface area contributed by atoms with Crippen molar-refractivity contribution in [2.24, 2.45) is 11.7 Å². The first-order chi connectivity index (χ1) is 9.55. The summed E-state index contributed by atoms with van der Waals surface area (Å²) in [4.78, 5) is 20.3. The number of nitrogens with two attached hydrogens (primary N) is 1. The predicted octanol–water partition coefficient (Wildman–Crippen LogP) is 3.96. The minimum absolute atomic E-state index is 0.128. The molecule has 2 N–H and O–H groups in total. The third kappa shape index (κ3) is 9.76. The second-order valence-electron chi connectivity index (χ2n) is 5.87. The fourth-order valence-corrected chi connectivity index (χ4v) is 1.60. The van der Waals surface area contributed by atoms with Gasteiger partial charge < -0.3 is 15.3 Å². The van der Waals surface area contributed by atoms with E-state index in [2.05, 4.69) is 4.74 Å². The number of ether oxygens (including phenoxy) is 1. The number of hydrogen-bond acceptors (Lipinski definition) is 3. The van der Waals surface area contributed by atoms with Crippen LogP contribution in [0.1, 0.15) is 47.0 Å². The molecule has 4 nitrogen and oxygen atoms in total. The molecule has 1 aliphatic rings. The molecule has 0 aromatic rings. The SMILES string of the molecule is CC(C)(C)OC(N)=O.CC(C=O)CC1=C(F)CCC(F)=C1. The van der Waals surface area contributed by atoms with Gasteiger partial charge in [-0.25, -0.2) is 13.6 Å². The van der Waals surface area contributed by atoms with Gasteiger partial charge in [-0.2, -0.15) is 0 Å². The molecule has 0 radical (unpaired) electrons. The number of allylic oxidation sites excluding steroid dienone is 4. The summed E-state index contributed by atoms with van der Waals surface area (Å²) >= 11 is 0. The van der Waals surface area contributed by atoms with Crippen LogP contribution in [0.25, 0.3) is 0 Å². The van der Waals surface area contributed by atoms with Gasteiger partial charge in [0.1, 0.15) is 23.5 Å². The first-order valence-electron chi connectivity index (χ1n) is 6.72. The summed E-state index contributed by atoms with van der Waals surface area (Å²) < 4.78 is 30.4. The number of halogens is 2. The Labute approximate surface area is 124 Å². The Morgan fingerprint density at radius 3 is 2.38 bits per heavy atom. The van der Waals surface area contributed by atoms with E-state index in [1.165, 1.54) is 6.08 Å². The van der Waals surface area contributed by atoms with Crippen molar-refractivity contribution in [3.63, 3.8) is 0 Å². The molecule has 0 aromatic heterocycles. The van der Waals surface area contributed by atoms with Crippen LogP contribution >= 0.6 is 0 Å². The Morgan fingerprint density at radius 2 is 2.00 bits per heavy atom. The lowest BCUT2D eigenvalue weighted by molar-refractivity contribution is -0.110. The highest BCUT2D eigenvalue weighted by atomic mass is 19.1. The van der Waals surface area contributed by atoms with E-state index in [4.69, 9.17) is 5.73 Å². The lowest BCUT2D eigenvalue weighted by atomic mass is 9.96. The Balaban J connectivity index is 0.000000433. The molecule has 0 aromatic carbocycles. The van der Waals surface area contributed by atoms with E-state index in [-0.39, 0.29) is 30.4 Å². The molecule has 1 aliphatic carbocycles. The molecule has 0 heterocycles. The number of rotatable bonds is 3. The van der Waals surface area contributed by atoms with Gasteiger partial charge in [-0.3, -0.25) is 0 Å². The average Bonchev–Trinajstić information content (AvgIpc) is 2.31. The monoisotopic (exact) mass is 303 g/mol. The van der Waals surface area contributed by atoms with Gasteiger partial charge in [-0.1, -0.05) is 6.92 Å². The minimum Gasteiger partial charge on any atom is -0.444 e. The summed E-state index contributed by atoms with van der Waals surface area (Å²) in [5.41, 5.74) is 4.60. The molecule has 120 valence electrons. The van der Waals surface area contributed by atoms with Crippen molar-refractivity contribution in [3.05, 3.63) is 23.3 Å². The third-order valence-corrected chi connectivity index (χ3v) is 2.44. The van der Waals surface area contributed by atoms with Gasteiger partial charge in [0.15, 0.2) is 0 Å². The Hall–Kier alpha value is -1.72. The Bertz CT molecular complexity index is 437. The maximum atomic E-state index is 13.1. The van der Waals surface area contributed by atoms with Crippen molar-refractivity contribution in [2.75, 3.05) is 0 Å². The van der Waals surface area contributed by atoms with E-state index in [0.29, 0.717) is 12.0 Å². The number of aldehydes is 1. The van der Waals surface area contributed by atoms with E-state index in [1.807, 2.05) is 0 Å². The zero-order valence-electron chi connectivity index (χ0n) is 12.9. The Morgan fingerprint density at radius 1 is 1.43 bits per heavy atom. The second kappa shape index (κ2) is 8.54. The second-order valence-corrected chi connectivity index (χ2v) is 5.87. The van der Waals surface area contributed by atoms with Crippen LogP contribution < -0.4 is 5.73 Å². The summed E-state index contributed by atoms with van der Waals surface area (Å²) in [7, 11) is 0. The highest BCUT2D eigenvalue weighted by molar-refractivity contribution is 5.65. The van der Waals surface area contributed by atoms with Crippen molar-refractivity contribution in [1.29, 1.82) is 0 Å². The molecule has 1 unspecified atom stereocenters. The molecule has 21 heavy (non-hydrogen) atoms. The minimum atomic E-state index is -0.725. The molecule has 1 rings (SSSR count). The number of amides is 1. The molecule has 0 spiro atoms. The summed E-state index contributed by atoms with van der Waals surface area (Å²) in [6.45, 7) is 6.97. The number of carbonyl (C=O) groups excluding carboxylic acids is 2. The molecule has 0 saturated carbocycles. The lowest BCUT2D eigenvalue weighted by Gasteiger charge is -2.16. The van der Waals surface area contributed by atoms with Crippen LogP contribution in [0.2, 0.25) is 0 Å². The first kappa shape index (κ1) is 19.3. The standard InChI is InChI=1S/C10H12F2O.C5H11NO2/c1-7(6-13)4-8-5-9(11)2-3-10(8)12;1-5(2,3)8-4(6)7/h5-7H,2-4H2,1H3;1-3H3,(H2,6,7). The quantitative estimate of drug-likeness (QED) is 0.802. The van der Waals surface area contributed by atoms with Crippen molar-refractivity contribution in [1.82, 2.24) is 0 Å². The van der Waals surface area contributed by atoms with E-state index >= 15 is 0 Å². The molecule has 6 heteroatoms. The van der Waals surface area contributed by atoms with Gasteiger partial charge in [0.25, 0.3) is 0 Å². The fraction of sp³-hybridized carbons (Fsp3) is 0.600. The summed E-state index contributed by atoms with van der Waals surface area (Å²) in [6.07, 6.45) is 1.80. The van der Waals surface area contributed by atoms with Crippen molar-refractivity contribution < 1.29 is 23.1 Å². The van der Waals surface area contributed by atoms with E-state index in [0.717, 1.165) is 6.29 Å². The lowest BCUT2D eigenvalue weighted by Crippen LogP contribution is -2.27. The van der Waals surface area contributed by atoms with E-state index in [9.17, 15) is 18.4 Å². The van der Waals surface area contributed by atoms with Gasteiger partial charge >= 0.3 is 6.09 Å². The zero-order chi connectivity index (χ0) is 16.6. The fourth-order valence-electron chi connectivity index (χ4n) is 1.60. The van der Waals surface area contributed by atoms with Crippen LogP contribution in [0, 0.1) is 5.92 Å². The molecule has 0 saturated heterocycles. The predicted molar refractivity (Wildman–Crippen MR) is 76.8 cm³/mol. The maximum absolute atomic E-state index is 13.1. The molecule has 1 atom stereocenters. The van der Waals surface area contributed by atoms with Crippen LogP contribution in [-0.4, -0.2) is 18.0 Å². The van der Waals surface area contributed by atoms with Crippen molar-refractivity contribution >= 4 is 12.4 Å². The molecule has 0 aliphatic heterocycles. The number of carbonyl (C=O) groups is 2. The number of primary amides is 1. The average molecular weight is 303 g/mol. The van der Waals surface area contributed by atoms with Gasteiger partial charge in [0, 0.05) is 18.8 Å². The first-order valence-corrected chi connectivity index (χ1v) is 6.72. The van der Waals surface area contributed by atoms with Crippen LogP contribution in [-0.2, 0) is 9.53 Å². The van der Waals surface area contributed by atoms with Crippen molar-refractivity contribution in [3.8, 4) is 0 Å². The summed E-state index contributed by atoms with van der Waals surface area (Å²) in [6, 6.07) is 0. The maximum Gasteiger partial charge on any atom is 0.405 e. The number of hydrogen-bond donors (Lipinski definition) is 1. The van der Waals surface area contributed by atoms with Gasteiger partial charge in [-0.05, 0) is 38.8 Å². The van der Waals surface area contributed by atoms with Crippen LogP contribution in [0.4, 0.5) is 13.6 Å². The molecular formula is C15H23F2NO3. The molecule has 1 amide bonds. The highest BCUT2D eigenvalue weighted by Gasteiger charge is 2.15. The summed E-state index contributed by atoms with van der Waals surface area (Å²) in [5.74, 6) is -0.826. The zero-order valence-corrected chi connectivity index (χ0v) is 12.9. The van der Waals surface area contributed by atoms with Crippen LogP contribution in [0.5, 0.6) is 0 Å². The smallest absolute Gasteiger partial charge is 0.405 e. The van der Waals surface area contributed by atoms with Gasteiger partial charge in [0.2, 0.25) is 0 Å². The van der Waals surface area contributed by atoms with Crippen LogP contribution in [0.3, 0.4) is 0 Å². The molecular weight excluding hydrogens is 280 g/mol. The summed E-state index contributed by atoms with van der Waals surface area (Å²) in [5, 5.41) is 0. The highest BCUT2D eigenvalue weighted by Crippen LogP contribution is 2.28. The largest absolute Gasteiger partial charge is 0.444 e. The van der Waals surface area contributed by atoms with Crippen LogP contribution in [0.15, 0.2) is 23.3 Å². The topological polar surface area (TPSA) is 69.4 Å². The van der Waals surface area contributed by atoms with E-state index < -0.39 is 11.7 Å². The molecule has 0 fully saturated rings.